The molecule has 8 rings (SSSR count). The van der Waals surface area contributed by atoms with Crippen molar-refractivity contribution in [1.82, 2.24) is 4.57 Å². The van der Waals surface area contributed by atoms with Crippen molar-refractivity contribution in [2.75, 3.05) is 5.32 Å². The Bertz CT molecular complexity index is 2260. The predicted molar refractivity (Wildman–Crippen MR) is 203 cm³/mol. The summed E-state index contributed by atoms with van der Waals surface area (Å²) in [4.78, 5) is 0. The topological polar surface area (TPSA) is 17.0 Å². The van der Waals surface area contributed by atoms with Gasteiger partial charge in [0.15, 0.2) is 0 Å². The highest BCUT2D eigenvalue weighted by atomic mass is 15.0. The molecule has 2 heteroatoms. The van der Waals surface area contributed by atoms with Crippen LogP contribution >= 0.6 is 0 Å². The molecule has 1 N–H and O–H groups in total. The average molecular weight is 607 g/mol. The van der Waals surface area contributed by atoms with Crippen molar-refractivity contribution in [3.8, 4) is 39.1 Å². The van der Waals surface area contributed by atoms with E-state index in [1.807, 2.05) is 13.8 Å². The van der Waals surface area contributed by atoms with Gasteiger partial charge in [-0.15, -0.1) is 0 Å². The Kier molecular flexibility index (Phi) is 8.41. The summed E-state index contributed by atoms with van der Waals surface area (Å²) in [7, 11) is 0. The maximum absolute atomic E-state index is 3.57. The Balaban J connectivity index is 0.00000172. The molecule has 0 amide bonds. The van der Waals surface area contributed by atoms with Crippen LogP contribution in [0.1, 0.15) is 19.4 Å². The number of aryl methyl sites for hydroxylation is 1. The Morgan fingerprint density at radius 2 is 0.872 bits per heavy atom. The van der Waals surface area contributed by atoms with Crippen molar-refractivity contribution in [3.63, 3.8) is 0 Å². The van der Waals surface area contributed by atoms with Crippen LogP contribution in [0.25, 0.3) is 60.9 Å². The number of hydrogen-bond acceptors (Lipinski definition) is 1. The number of rotatable bonds is 6. The zero-order valence-electron chi connectivity index (χ0n) is 27.1. The largest absolute Gasteiger partial charge is 0.356 e. The summed E-state index contributed by atoms with van der Waals surface area (Å²) in [6.07, 6.45) is 0. The summed E-state index contributed by atoms with van der Waals surface area (Å²) in [6, 6.07) is 60.9. The SMILES string of the molecule is CC.Cc1ccc(-n2c3ccccc3c3cc(-c4ccc(Nc5ccc(-c6cccc(-c7ccccc7)c6)cc5)cc4)ccc32)cc1. The van der Waals surface area contributed by atoms with E-state index in [1.165, 1.54) is 66.4 Å². The van der Waals surface area contributed by atoms with E-state index in [4.69, 9.17) is 0 Å². The van der Waals surface area contributed by atoms with E-state index in [0.717, 1.165) is 11.4 Å². The molecule has 0 fully saturated rings. The van der Waals surface area contributed by atoms with E-state index in [1.54, 1.807) is 0 Å². The summed E-state index contributed by atoms with van der Waals surface area (Å²) in [5.74, 6) is 0. The second-order valence-electron chi connectivity index (χ2n) is 11.6. The number of para-hydroxylation sites is 1. The van der Waals surface area contributed by atoms with Crippen molar-refractivity contribution in [2.45, 2.75) is 20.8 Å². The molecular formula is C45H38N2. The van der Waals surface area contributed by atoms with Crippen LogP contribution in [0.3, 0.4) is 0 Å². The monoisotopic (exact) mass is 606 g/mol. The first-order valence-corrected chi connectivity index (χ1v) is 16.4. The molecule has 0 aliphatic heterocycles. The van der Waals surface area contributed by atoms with Gasteiger partial charge in [-0.3, -0.25) is 0 Å². The number of aromatic nitrogens is 1. The quantitative estimate of drug-likeness (QED) is 0.199. The van der Waals surface area contributed by atoms with Crippen molar-refractivity contribution in [1.29, 1.82) is 0 Å². The number of nitrogens with zero attached hydrogens (tertiary/aromatic N) is 1. The molecule has 47 heavy (non-hydrogen) atoms. The highest BCUT2D eigenvalue weighted by molar-refractivity contribution is 6.10. The van der Waals surface area contributed by atoms with Gasteiger partial charge in [0, 0.05) is 27.8 Å². The number of anilines is 2. The molecule has 7 aromatic carbocycles. The standard InChI is InChI=1S/C43H32N2.C2H6/c1-30-14-25-39(26-15-30)45-42-13-6-5-12-40(42)41-29-36(20-27-43(41)45)33-18-23-38(24-19-33)44-37-21-16-32(17-22-37)35-11-7-10-34(28-35)31-8-3-2-4-9-31;1-2/h2-29,44H,1H3;1-2H3. The molecular weight excluding hydrogens is 569 g/mol. The van der Waals surface area contributed by atoms with E-state index >= 15 is 0 Å². The first-order valence-electron chi connectivity index (χ1n) is 16.4. The highest BCUT2D eigenvalue weighted by Crippen LogP contribution is 2.35. The van der Waals surface area contributed by atoms with Crippen LogP contribution < -0.4 is 5.32 Å². The summed E-state index contributed by atoms with van der Waals surface area (Å²) < 4.78 is 2.37. The Morgan fingerprint density at radius 1 is 0.383 bits per heavy atom. The van der Waals surface area contributed by atoms with E-state index in [-0.39, 0.29) is 0 Å². The minimum atomic E-state index is 1.06. The van der Waals surface area contributed by atoms with Crippen LogP contribution in [0.4, 0.5) is 11.4 Å². The van der Waals surface area contributed by atoms with Crippen molar-refractivity contribution in [2.24, 2.45) is 0 Å². The van der Waals surface area contributed by atoms with Crippen LogP contribution in [0.5, 0.6) is 0 Å². The molecule has 1 aromatic heterocycles. The Hall–Kier alpha value is -5.86. The van der Waals surface area contributed by atoms with Crippen LogP contribution in [0.15, 0.2) is 170 Å². The lowest BCUT2D eigenvalue weighted by Gasteiger charge is -2.11. The van der Waals surface area contributed by atoms with Crippen molar-refractivity contribution in [3.05, 3.63) is 175 Å². The second-order valence-corrected chi connectivity index (χ2v) is 11.6. The fourth-order valence-corrected chi connectivity index (χ4v) is 6.29. The molecule has 8 aromatic rings. The maximum Gasteiger partial charge on any atom is 0.0541 e. The van der Waals surface area contributed by atoms with E-state index in [0.29, 0.717) is 0 Å². The lowest BCUT2D eigenvalue weighted by Crippen LogP contribution is -1.93. The van der Waals surface area contributed by atoms with Crippen molar-refractivity contribution < 1.29 is 0 Å². The summed E-state index contributed by atoms with van der Waals surface area (Å²) in [5.41, 5.74) is 14.3. The van der Waals surface area contributed by atoms with Gasteiger partial charge in [0.1, 0.15) is 0 Å². The molecule has 1 heterocycles. The molecule has 0 unspecified atom stereocenters. The number of benzene rings is 7. The molecule has 0 spiro atoms. The predicted octanol–water partition coefficient (Wildman–Crippen LogP) is 12.9. The molecule has 0 aliphatic carbocycles. The zero-order chi connectivity index (χ0) is 32.2. The Labute approximate surface area is 277 Å². The van der Waals surface area contributed by atoms with Gasteiger partial charge in [0.05, 0.1) is 11.0 Å². The van der Waals surface area contributed by atoms with Gasteiger partial charge in [-0.25, -0.2) is 0 Å². The fraction of sp³-hybridized carbons (Fsp3) is 0.0667. The second kappa shape index (κ2) is 13.2. The molecule has 0 radical (unpaired) electrons. The van der Waals surface area contributed by atoms with E-state index in [9.17, 15) is 0 Å². The molecule has 0 atom stereocenters. The van der Waals surface area contributed by atoms with Crippen LogP contribution in [0.2, 0.25) is 0 Å². The Morgan fingerprint density at radius 3 is 1.51 bits per heavy atom. The van der Waals surface area contributed by atoms with Gasteiger partial charge in [0.25, 0.3) is 0 Å². The van der Waals surface area contributed by atoms with Crippen molar-refractivity contribution >= 4 is 33.2 Å². The fourth-order valence-electron chi connectivity index (χ4n) is 6.29. The molecule has 0 bridgehead atoms. The third kappa shape index (κ3) is 6.06. The first-order chi connectivity index (χ1) is 23.2. The van der Waals surface area contributed by atoms with E-state index in [2.05, 4.69) is 187 Å². The smallest absolute Gasteiger partial charge is 0.0541 e. The lowest BCUT2D eigenvalue weighted by molar-refractivity contribution is 1.17. The van der Waals surface area contributed by atoms with Gasteiger partial charge >= 0.3 is 0 Å². The average Bonchev–Trinajstić information content (AvgIpc) is 3.47. The molecule has 228 valence electrons. The summed E-state index contributed by atoms with van der Waals surface area (Å²) >= 11 is 0. The number of nitrogens with one attached hydrogen (secondary N) is 1. The molecule has 0 aliphatic rings. The van der Waals surface area contributed by atoms with Gasteiger partial charge in [0.2, 0.25) is 0 Å². The highest BCUT2D eigenvalue weighted by Gasteiger charge is 2.13. The number of hydrogen-bond donors (Lipinski definition) is 1. The third-order valence-electron chi connectivity index (χ3n) is 8.66. The van der Waals surface area contributed by atoms with Crippen LogP contribution in [-0.4, -0.2) is 4.57 Å². The first kappa shape index (κ1) is 29.8. The van der Waals surface area contributed by atoms with Gasteiger partial charge in [-0.05, 0) is 101 Å². The summed E-state index contributed by atoms with van der Waals surface area (Å²) in [5, 5.41) is 6.11. The normalized spacial score (nSPS) is 10.9. The lowest BCUT2D eigenvalue weighted by atomic mass is 9.99. The minimum absolute atomic E-state index is 1.06. The number of fused-ring (bicyclic) bond motifs is 3. The minimum Gasteiger partial charge on any atom is -0.356 e. The van der Waals surface area contributed by atoms with E-state index < -0.39 is 0 Å². The zero-order valence-corrected chi connectivity index (χ0v) is 27.1. The van der Waals surface area contributed by atoms with Gasteiger partial charge in [-0.2, -0.15) is 0 Å². The maximum atomic E-state index is 3.57. The molecule has 2 nitrogen and oxygen atoms in total. The molecule has 0 saturated heterocycles. The molecule has 0 saturated carbocycles. The van der Waals surface area contributed by atoms with Gasteiger partial charge < -0.3 is 9.88 Å². The van der Waals surface area contributed by atoms with Crippen LogP contribution in [0, 0.1) is 6.92 Å². The van der Waals surface area contributed by atoms with Crippen LogP contribution in [-0.2, 0) is 0 Å². The summed E-state index contributed by atoms with van der Waals surface area (Å²) in [6.45, 7) is 6.13. The van der Waals surface area contributed by atoms with Gasteiger partial charge in [-0.1, -0.05) is 129 Å². The third-order valence-corrected chi connectivity index (χ3v) is 8.66.